The molecule has 0 aliphatic carbocycles. The average molecular weight is 485 g/mol. The second-order valence-corrected chi connectivity index (χ2v) is 12.4. The number of amides is 1. The Balaban J connectivity index is 1.73. The summed E-state index contributed by atoms with van der Waals surface area (Å²) in [7, 11) is 0. The summed E-state index contributed by atoms with van der Waals surface area (Å²) in [6, 6.07) is 21.4. The molecule has 30 heavy (non-hydrogen) atoms. The van der Waals surface area contributed by atoms with Crippen molar-refractivity contribution < 1.29 is 19.4 Å². The van der Waals surface area contributed by atoms with Crippen LogP contribution >= 0.6 is 11.3 Å². The van der Waals surface area contributed by atoms with Crippen LogP contribution in [0.1, 0.15) is 27.2 Å². The summed E-state index contributed by atoms with van der Waals surface area (Å²) >= 11 is -0.298. The topological polar surface area (TPSA) is 75.6 Å². The molecule has 3 aromatic rings. The number of carbonyl (C=O) groups excluding carboxylic acids is 1. The van der Waals surface area contributed by atoms with Crippen LogP contribution in [0.3, 0.4) is 0 Å². The number of benzene rings is 2. The molecule has 1 heterocycles. The monoisotopic (exact) mass is 485 g/mol. The average Bonchev–Trinajstić information content (AvgIpc) is 3.28. The van der Waals surface area contributed by atoms with Crippen LogP contribution in [0.5, 0.6) is 5.75 Å². The molecule has 0 radical (unpaired) electrons. The molecular weight excluding hydrogens is 461 g/mol. The fraction of sp³-hybridized carbons (Fsp3) is 0.217. The van der Waals surface area contributed by atoms with Gasteiger partial charge in [0.05, 0.1) is 0 Å². The van der Waals surface area contributed by atoms with Crippen molar-refractivity contribution in [3.05, 3.63) is 88.1 Å². The van der Waals surface area contributed by atoms with E-state index in [0.29, 0.717) is 30.9 Å². The van der Waals surface area contributed by atoms with Gasteiger partial charge in [0.25, 0.3) is 0 Å². The zero-order valence-corrected chi connectivity index (χ0v) is 19.2. The van der Waals surface area contributed by atoms with Gasteiger partial charge < -0.3 is 0 Å². The zero-order valence-electron chi connectivity index (χ0n) is 16.5. The molecule has 0 fully saturated rings. The number of nitrogens with one attached hydrogen (secondary N) is 1. The van der Waals surface area contributed by atoms with E-state index < -0.39 is 20.7 Å². The Kier molecular flexibility index (Phi) is 8.54. The Morgan fingerprint density at radius 2 is 1.77 bits per heavy atom. The summed E-state index contributed by atoms with van der Waals surface area (Å²) in [6.45, 7) is 0.774. The predicted molar refractivity (Wildman–Crippen MR) is 121 cm³/mol. The van der Waals surface area contributed by atoms with Crippen molar-refractivity contribution in [3.63, 3.8) is 0 Å². The molecule has 7 heteroatoms. The number of thiophene rings is 1. The molecule has 0 saturated heterocycles. The van der Waals surface area contributed by atoms with Gasteiger partial charge in [0, 0.05) is 0 Å². The first-order chi connectivity index (χ1) is 14.6. The molecule has 156 valence electrons. The van der Waals surface area contributed by atoms with Crippen LogP contribution in [0.15, 0.2) is 72.1 Å². The second kappa shape index (κ2) is 11.6. The number of carbonyl (C=O) groups is 2. The van der Waals surface area contributed by atoms with Gasteiger partial charge in [0.1, 0.15) is 0 Å². The van der Waals surface area contributed by atoms with Gasteiger partial charge in [0.2, 0.25) is 0 Å². The van der Waals surface area contributed by atoms with E-state index in [1.54, 1.807) is 11.3 Å². The molecule has 1 aromatic heterocycles. The van der Waals surface area contributed by atoms with Gasteiger partial charge in [-0.3, -0.25) is 0 Å². The molecule has 1 amide bonds. The van der Waals surface area contributed by atoms with Gasteiger partial charge in [-0.25, -0.2) is 0 Å². The zero-order chi connectivity index (χ0) is 21.2. The molecule has 2 aromatic carbocycles. The van der Waals surface area contributed by atoms with Gasteiger partial charge in [-0.2, -0.15) is 0 Å². The van der Waals surface area contributed by atoms with E-state index in [4.69, 9.17) is 9.84 Å². The van der Waals surface area contributed by atoms with Crippen molar-refractivity contribution in [1.29, 1.82) is 0 Å². The molecule has 1 atom stereocenters. The van der Waals surface area contributed by atoms with Crippen LogP contribution in [0, 0.1) is 0 Å². The minimum atomic E-state index is -1.96. The molecule has 0 bridgehead atoms. The van der Waals surface area contributed by atoms with Crippen LogP contribution in [-0.2, 0) is 11.8 Å². The van der Waals surface area contributed by atoms with Gasteiger partial charge in [0.15, 0.2) is 0 Å². The molecule has 0 spiro atoms. The third kappa shape index (κ3) is 6.75. The van der Waals surface area contributed by atoms with E-state index in [2.05, 4.69) is 11.4 Å². The summed E-state index contributed by atoms with van der Waals surface area (Å²) in [5.74, 6) is 0.612. The molecule has 0 aliphatic rings. The van der Waals surface area contributed by atoms with Gasteiger partial charge in [-0.15, -0.1) is 0 Å². The first-order valence-corrected chi connectivity index (χ1v) is 14.1. The van der Waals surface area contributed by atoms with Crippen molar-refractivity contribution in [2.24, 2.45) is 0 Å². The Hall–Kier alpha value is -2.56. The van der Waals surface area contributed by atoms with E-state index in [1.807, 2.05) is 66.0 Å². The van der Waals surface area contributed by atoms with Crippen LogP contribution in [0.2, 0.25) is 5.21 Å². The Morgan fingerprint density at radius 1 is 1.00 bits per heavy atom. The minimum absolute atomic E-state index is 0.176. The third-order valence-corrected chi connectivity index (χ3v) is 10.8. The molecular formula is C23H24AsNO4S. The van der Waals surface area contributed by atoms with E-state index in [-0.39, 0.29) is 4.57 Å². The predicted octanol–water partition coefficient (Wildman–Crippen LogP) is 4.98. The maximum atomic E-state index is 13.5. The number of hydrogen-bond donors (Lipinski definition) is 2. The number of para-hydroxylation sites is 1. The van der Waals surface area contributed by atoms with Crippen molar-refractivity contribution in [3.8, 4) is 5.75 Å². The first-order valence-electron chi connectivity index (χ1n) is 9.67. The van der Waals surface area contributed by atoms with Gasteiger partial charge >= 0.3 is 185 Å². The molecule has 2 N–H and O–H groups in total. The Morgan fingerprint density at radius 3 is 2.50 bits per heavy atom. The molecule has 1 unspecified atom stereocenters. The van der Waals surface area contributed by atoms with Crippen LogP contribution < -0.4 is 10.1 Å². The number of rotatable bonds is 11. The summed E-state index contributed by atoms with van der Waals surface area (Å²) in [6.07, 6.45) is -0.366. The van der Waals surface area contributed by atoms with Crippen LogP contribution in [-0.4, -0.2) is 37.0 Å². The summed E-state index contributed by atoms with van der Waals surface area (Å²) in [5, 5.41) is 14.7. The van der Waals surface area contributed by atoms with Crippen molar-refractivity contribution in [2.75, 3.05) is 6.54 Å². The first kappa shape index (κ1) is 22.1. The number of ether oxygens (including phenoxy) is 1. The van der Waals surface area contributed by atoms with Crippen molar-refractivity contribution >= 4 is 36.7 Å². The van der Waals surface area contributed by atoms with E-state index >= 15 is 0 Å². The SMILES string of the molecule is O=C(O)NCCC[As](Cc1cccs1)C(=O)c1ccccc1OCc1ccccc1. The number of hydrogen-bond acceptors (Lipinski definition) is 4. The molecule has 5 nitrogen and oxygen atoms in total. The van der Waals surface area contributed by atoms with Crippen LogP contribution in [0.25, 0.3) is 0 Å². The molecule has 3 rings (SSSR count). The maximum absolute atomic E-state index is 13.5. The standard InChI is InChI=1S/C23H24AsNO4S/c26-22(24(13-7-14-25-23(27)28)16-19-10-6-15-30-19)20-11-4-5-12-21(20)29-17-18-8-2-1-3-9-18/h1-6,8-12,15,25H,7,13-14,16-17H2,(H,27,28). The Labute approximate surface area is 185 Å². The Bertz CT molecular complexity index is 947. The van der Waals surface area contributed by atoms with E-state index in [1.165, 1.54) is 4.88 Å². The molecule has 0 saturated carbocycles. The third-order valence-electron chi connectivity index (χ3n) is 4.45. The normalized spacial score (nSPS) is 11.6. The van der Waals surface area contributed by atoms with Gasteiger partial charge in [-0.05, 0) is 0 Å². The number of carboxylic acid groups (broad SMARTS) is 1. The van der Waals surface area contributed by atoms with E-state index in [0.717, 1.165) is 16.0 Å². The summed E-state index contributed by atoms with van der Waals surface area (Å²) < 4.78 is 6.18. The molecule has 0 aliphatic heterocycles. The fourth-order valence-electron chi connectivity index (χ4n) is 2.98. The van der Waals surface area contributed by atoms with Crippen LogP contribution in [0.4, 0.5) is 4.79 Å². The van der Waals surface area contributed by atoms with Gasteiger partial charge in [-0.1, -0.05) is 0 Å². The van der Waals surface area contributed by atoms with E-state index in [9.17, 15) is 9.59 Å². The quantitative estimate of drug-likeness (QED) is 0.297. The van der Waals surface area contributed by atoms with Crippen molar-refractivity contribution in [1.82, 2.24) is 5.32 Å². The fourth-order valence-corrected chi connectivity index (χ4v) is 9.13. The summed E-state index contributed by atoms with van der Waals surface area (Å²) in [5.41, 5.74) is 1.68. The second-order valence-electron chi connectivity index (χ2n) is 6.66. The van der Waals surface area contributed by atoms with Crippen molar-refractivity contribution in [2.45, 2.75) is 23.4 Å². The summed E-state index contributed by atoms with van der Waals surface area (Å²) in [4.78, 5) is 25.4.